The van der Waals surface area contributed by atoms with Crippen LogP contribution in [0.15, 0.2) is 11.6 Å². The van der Waals surface area contributed by atoms with Crippen LogP contribution in [0.3, 0.4) is 0 Å². The molecule has 1 aliphatic heterocycles. The zero-order chi connectivity index (χ0) is 7.72. The van der Waals surface area contributed by atoms with Crippen molar-refractivity contribution in [2.75, 3.05) is 0 Å². The minimum absolute atomic E-state index is 0.365. The topological polar surface area (TPSA) is 46.5 Å². The Morgan fingerprint density at radius 3 is 2.80 bits per heavy atom. The van der Waals surface area contributed by atoms with Crippen molar-refractivity contribution in [3.8, 4) is 0 Å². The first kappa shape index (κ1) is 7.28. The van der Waals surface area contributed by atoms with Gasteiger partial charge < -0.3 is 9.84 Å². The van der Waals surface area contributed by atoms with Crippen LogP contribution in [0, 0.1) is 0 Å². The fourth-order valence-corrected chi connectivity index (χ4v) is 0.923. The van der Waals surface area contributed by atoms with Crippen LogP contribution in [0.1, 0.15) is 13.8 Å². The second-order valence-corrected chi connectivity index (χ2v) is 2.48. The molecular formula is C7H10O3. The maximum atomic E-state index is 10.6. The van der Waals surface area contributed by atoms with Gasteiger partial charge in [-0.3, -0.25) is 0 Å². The maximum absolute atomic E-state index is 10.6. The molecule has 0 spiro atoms. The third-order valence-corrected chi connectivity index (χ3v) is 1.56. The second kappa shape index (κ2) is 2.42. The summed E-state index contributed by atoms with van der Waals surface area (Å²) in [5.74, 6) is -0.365. The van der Waals surface area contributed by atoms with E-state index < -0.39 is 12.2 Å². The summed E-state index contributed by atoms with van der Waals surface area (Å²) in [4.78, 5) is 10.6. The predicted molar refractivity (Wildman–Crippen MR) is 35.3 cm³/mol. The van der Waals surface area contributed by atoms with E-state index in [9.17, 15) is 9.90 Å². The van der Waals surface area contributed by atoms with Gasteiger partial charge >= 0.3 is 5.97 Å². The van der Waals surface area contributed by atoms with Crippen LogP contribution in [0.4, 0.5) is 0 Å². The number of rotatable bonds is 0. The molecule has 0 aromatic rings. The second-order valence-electron chi connectivity index (χ2n) is 2.48. The molecule has 0 bridgehead atoms. The zero-order valence-electron chi connectivity index (χ0n) is 6.00. The molecule has 2 atom stereocenters. The highest BCUT2D eigenvalue weighted by Crippen LogP contribution is 2.14. The maximum Gasteiger partial charge on any atom is 0.331 e. The number of carbonyl (C=O) groups is 1. The Hall–Kier alpha value is -0.830. The highest BCUT2D eigenvalue weighted by atomic mass is 16.6. The Morgan fingerprint density at radius 1 is 1.70 bits per heavy atom. The number of esters is 1. The molecule has 1 heterocycles. The first-order valence-electron chi connectivity index (χ1n) is 3.18. The number of hydrogen-bond acceptors (Lipinski definition) is 3. The number of aliphatic hydroxyl groups excluding tert-OH is 1. The molecule has 0 fully saturated rings. The molecule has 3 heteroatoms. The van der Waals surface area contributed by atoms with Crippen molar-refractivity contribution in [3.05, 3.63) is 11.6 Å². The molecule has 0 aromatic carbocycles. The van der Waals surface area contributed by atoms with Gasteiger partial charge in [0.1, 0.15) is 12.2 Å². The van der Waals surface area contributed by atoms with E-state index in [0.717, 1.165) is 0 Å². The summed E-state index contributed by atoms with van der Waals surface area (Å²) in [7, 11) is 0. The third kappa shape index (κ3) is 1.19. The molecule has 1 rings (SSSR count). The molecule has 0 radical (unpaired) electrons. The molecule has 1 aliphatic rings. The molecule has 3 nitrogen and oxygen atoms in total. The van der Waals surface area contributed by atoms with Gasteiger partial charge in [0.25, 0.3) is 0 Å². The van der Waals surface area contributed by atoms with Gasteiger partial charge in [-0.1, -0.05) is 0 Å². The number of cyclic esters (lactones) is 1. The molecule has 56 valence electrons. The van der Waals surface area contributed by atoms with Gasteiger partial charge in [0.15, 0.2) is 0 Å². The highest BCUT2D eigenvalue weighted by molar-refractivity contribution is 5.84. The minimum atomic E-state index is -0.627. The lowest BCUT2D eigenvalue weighted by atomic mass is 10.1. The first-order valence-corrected chi connectivity index (χ1v) is 3.18. The van der Waals surface area contributed by atoms with Crippen molar-refractivity contribution in [3.63, 3.8) is 0 Å². The van der Waals surface area contributed by atoms with Crippen LogP contribution in [0.2, 0.25) is 0 Å². The average molecular weight is 142 g/mol. The van der Waals surface area contributed by atoms with Gasteiger partial charge in [-0.25, -0.2) is 4.79 Å². The lowest BCUT2D eigenvalue weighted by Gasteiger charge is -2.23. The normalized spacial score (nSPS) is 33.1. The summed E-state index contributed by atoms with van der Waals surface area (Å²) < 4.78 is 4.70. The molecule has 0 saturated carbocycles. The van der Waals surface area contributed by atoms with E-state index in [1.54, 1.807) is 13.8 Å². The molecule has 10 heavy (non-hydrogen) atoms. The van der Waals surface area contributed by atoms with E-state index in [0.29, 0.717) is 5.57 Å². The van der Waals surface area contributed by atoms with Crippen molar-refractivity contribution in [2.24, 2.45) is 0 Å². The molecule has 0 saturated heterocycles. The number of ether oxygens (including phenoxy) is 1. The van der Waals surface area contributed by atoms with E-state index in [-0.39, 0.29) is 5.97 Å². The Kier molecular flexibility index (Phi) is 1.76. The van der Waals surface area contributed by atoms with E-state index in [4.69, 9.17) is 4.74 Å². The van der Waals surface area contributed by atoms with Crippen molar-refractivity contribution in [1.82, 2.24) is 0 Å². The van der Waals surface area contributed by atoms with E-state index in [1.807, 2.05) is 0 Å². The number of hydrogen-bond donors (Lipinski definition) is 1. The van der Waals surface area contributed by atoms with Crippen molar-refractivity contribution < 1.29 is 14.6 Å². The molecule has 0 aromatic heterocycles. The zero-order valence-corrected chi connectivity index (χ0v) is 6.00. The van der Waals surface area contributed by atoms with Crippen molar-refractivity contribution >= 4 is 5.97 Å². The molecule has 1 N–H and O–H groups in total. The monoisotopic (exact) mass is 142 g/mol. The van der Waals surface area contributed by atoms with E-state index in [2.05, 4.69) is 0 Å². The summed E-state index contributed by atoms with van der Waals surface area (Å²) in [6.45, 7) is 3.38. The van der Waals surface area contributed by atoms with Crippen LogP contribution in [0.5, 0.6) is 0 Å². The quantitative estimate of drug-likeness (QED) is 0.493. The number of carbonyl (C=O) groups excluding carboxylic acids is 1. The fourth-order valence-electron chi connectivity index (χ4n) is 0.923. The lowest BCUT2D eigenvalue weighted by Crippen LogP contribution is -2.33. The third-order valence-electron chi connectivity index (χ3n) is 1.56. The summed E-state index contributed by atoms with van der Waals surface area (Å²) >= 11 is 0. The van der Waals surface area contributed by atoms with Crippen molar-refractivity contribution in [2.45, 2.75) is 26.1 Å². The van der Waals surface area contributed by atoms with Crippen LogP contribution in [-0.4, -0.2) is 23.3 Å². The predicted octanol–water partition coefficient (Wildman–Crippen LogP) is 0.239. The number of aliphatic hydroxyl groups is 1. The van der Waals surface area contributed by atoms with Crippen molar-refractivity contribution in [1.29, 1.82) is 0 Å². The molecular weight excluding hydrogens is 132 g/mol. The summed E-state index contributed by atoms with van der Waals surface area (Å²) in [5.41, 5.74) is 0.670. The lowest BCUT2D eigenvalue weighted by molar-refractivity contribution is -0.148. The Balaban J connectivity index is 2.80. The Morgan fingerprint density at radius 2 is 2.30 bits per heavy atom. The minimum Gasteiger partial charge on any atom is -0.456 e. The average Bonchev–Trinajstić information content (AvgIpc) is 1.82. The van der Waals surface area contributed by atoms with Crippen LogP contribution in [-0.2, 0) is 9.53 Å². The Labute approximate surface area is 59.3 Å². The summed E-state index contributed by atoms with van der Waals surface area (Å²) in [6, 6.07) is 0. The standard InChI is InChI=1S/C7H10O3/c1-4-3-6(8)10-5(2)7(4)9/h3,5,7,9H,1-2H3/t5-,7+/m1/s1. The van der Waals surface area contributed by atoms with Gasteiger partial charge in [-0.2, -0.15) is 0 Å². The van der Waals surface area contributed by atoms with Gasteiger partial charge in [-0.15, -0.1) is 0 Å². The van der Waals surface area contributed by atoms with Gasteiger partial charge in [0, 0.05) is 6.08 Å². The van der Waals surface area contributed by atoms with Gasteiger partial charge in [0.05, 0.1) is 0 Å². The SMILES string of the molecule is CC1=CC(=O)O[C@H](C)[C@H]1O. The summed E-state index contributed by atoms with van der Waals surface area (Å²) in [5, 5.41) is 9.22. The fraction of sp³-hybridized carbons (Fsp3) is 0.571. The molecule has 0 aliphatic carbocycles. The Bertz CT molecular complexity index is 183. The van der Waals surface area contributed by atoms with Gasteiger partial charge in [0.2, 0.25) is 0 Å². The summed E-state index contributed by atoms with van der Waals surface area (Å²) in [6.07, 6.45) is 0.278. The van der Waals surface area contributed by atoms with Crippen LogP contribution >= 0.6 is 0 Å². The van der Waals surface area contributed by atoms with E-state index in [1.165, 1.54) is 6.08 Å². The first-order chi connectivity index (χ1) is 4.61. The highest BCUT2D eigenvalue weighted by Gasteiger charge is 2.24. The van der Waals surface area contributed by atoms with Crippen LogP contribution in [0.25, 0.3) is 0 Å². The molecule has 0 unspecified atom stereocenters. The van der Waals surface area contributed by atoms with Gasteiger partial charge in [-0.05, 0) is 19.4 Å². The smallest absolute Gasteiger partial charge is 0.331 e. The van der Waals surface area contributed by atoms with Crippen LogP contribution < -0.4 is 0 Å². The molecule has 0 amide bonds. The largest absolute Gasteiger partial charge is 0.456 e. The van der Waals surface area contributed by atoms with E-state index >= 15 is 0 Å².